The highest BCUT2D eigenvalue weighted by molar-refractivity contribution is 6.30. The number of benzene rings is 3. The molecular formula is C32H35Cl2N3O. The van der Waals surface area contributed by atoms with Gasteiger partial charge in [-0.05, 0) is 85.2 Å². The first-order valence-corrected chi connectivity index (χ1v) is 14.5. The monoisotopic (exact) mass is 547 g/mol. The lowest BCUT2D eigenvalue weighted by atomic mass is 9.82. The summed E-state index contributed by atoms with van der Waals surface area (Å²) in [6.45, 7) is 3.51. The molecule has 0 spiro atoms. The number of carbonyl (C=O) groups excluding carboxylic acids is 1. The molecule has 0 radical (unpaired) electrons. The lowest BCUT2D eigenvalue weighted by Crippen LogP contribution is -2.40. The van der Waals surface area contributed by atoms with E-state index in [9.17, 15) is 10.2 Å². The fourth-order valence-corrected chi connectivity index (χ4v) is 5.69. The molecule has 1 aliphatic heterocycles. The predicted molar refractivity (Wildman–Crippen MR) is 158 cm³/mol. The first-order valence-electron chi connectivity index (χ1n) is 13.7. The first-order chi connectivity index (χ1) is 18.4. The van der Waals surface area contributed by atoms with Crippen molar-refractivity contribution < 1.29 is 4.79 Å². The van der Waals surface area contributed by atoms with Crippen LogP contribution in [0.4, 0.5) is 5.69 Å². The maximum absolute atomic E-state index is 12.4. The summed E-state index contributed by atoms with van der Waals surface area (Å²) in [5.41, 5.74) is 6.09. The second kappa shape index (κ2) is 11.9. The van der Waals surface area contributed by atoms with Crippen LogP contribution in [0.15, 0.2) is 66.7 Å². The second-order valence-corrected chi connectivity index (χ2v) is 11.5. The Morgan fingerprint density at radius 2 is 1.45 bits per heavy atom. The zero-order valence-corrected chi connectivity index (χ0v) is 23.4. The molecule has 1 heterocycles. The van der Waals surface area contributed by atoms with Crippen molar-refractivity contribution in [3.05, 3.63) is 99.0 Å². The van der Waals surface area contributed by atoms with E-state index in [1.54, 1.807) is 0 Å². The van der Waals surface area contributed by atoms with Gasteiger partial charge in [0.05, 0.1) is 0 Å². The van der Waals surface area contributed by atoms with E-state index in [0.29, 0.717) is 28.2 Å². The van der Waals surface area contributed by atoms with Crippen LogP contribution in [0.25, 0.3) is 0 Å². The molecule has 0 aromatic heterocycles. The average Bonchev–Trinajstić information content (AvgIpc) is 3.75. The van der Waals surface area contributed by atoms with E-state index in [1.165, 1.54) is 12.8 Å². The third-order valence-corrected chi connectivity index (χ3v) is 8.23. The van der Waals surface area contributed by atoms with E-state index in [4.69, 9.17) is 23.2 Å². The van der Waals surface area contributed by atoms with Crippen LogP contribution in [-0.4, -0.2) is 35.7 Å². The van der Waals surface area contributed by atoms with Crippen LogP contribution in [0, 0.1) is 11.3 Å². The fourth-order valence-electron chi connectivity index (χ4n) is 5.43. The summed E-state index contributed by atoms with van der Waals surface area (Å²) in [5.74, 6) is 0.365. The number of nitrogens with zero attached hydrogens (tertiary/aromatic N) is 1. The van der Waals surface area contributed by atoms with Gasteiger partial charge in [-0.1, -0.05) is 60.5 Å². The van der Waals surface area contributed by atoms with Crippen LogP contribution in [0.1, 0.15) is 73.6 Å². The van der Waals surface area contributed by atoms with Gasteiger partial charge < -0.3 is 15.6 Å². The highest BCUT2D eigenvalue weighted by Gasteiger charge is 2.29. The fraction of sp³-hybridized carbons (Fsp3) is 0.375. The molecule has 2 N–H and O–H groups in total. The maximum Gasteiger partial charge on any atom is 0.222 e. The van der Waals surface area contributed by atoms with Crippen molar-refractivity contribution in [2.45, 2.75) is 57.4 Å². The molecule has 2 fully saturated rings. The summed E-state index contributed by atoms with van der Waals surface area (Å²) in [6, 6.07) is 23.0. The average molecular weight is 549 g/mol. The van der Waals surface area contributed by atoms with E-state index in [0.717, 1.165) is 60.3 Å². The molecule has 1 amide bonds. The number of carbonyl (C=O) groups is 1. The van der Waals surface area contributed by atoms with Gasteiger partial charge in [0.15, 0.2) is 0 Å². The van der Waals surface area contributed by atoms with Crippen molar-refractivity contribution in [2.75, 3.05) is 18.4 Å². The SMILES string of the molecule is CCCC(=O)N1CCC(C(=N)c2cc(C(c3ccc(Cl)cc3)c3ccc(Cl)cc3)ccc2NC2CC2)CC1. The molecule has 38 heavy (non-hydrogen) atoms. The predicted octanol–water partition coefficient (Wildman–Crippen LogP) is 8.15. The molecule has 5 rings (SSSR count). The largest absolute Gasteiger partial charge is 0.382 e. The smallest absolute Gasteiger partial charge is 0.222 e. The highest BCUT2D eigenvalue weighted by Crippen LogP contribution is 2.37. The minimum atomic E-state index is -0.0143. The molecule has 1 aliphatic carbocycles. The first kappa shape index (κ1) is 26.8. The zero-order valence-electron chi connectivity index (χ0n) is 21.9. The Hall–Kier alpha value is -2.82. The van der Waals surface area contributed by atoms with Crippen molar-refractivity contribution >= 4 is 40.5 Å². The zero-order chi connectivity index (χ0) is 26.6. The summed E-state index contributed by atoms with van der Waals surface area (Å²) in [6.07, 6.45) is 5.49. The van der Waals surface area contributed by atoms with Gasteiger partial charge in [0.25, 0.3) is 0 Å². The quantitative estimate of drug-likeness (QED) is 0.209. The topological polar surface area (TPSA) is 56.2 Å². The number of nitrogens with one attached hydrogen (secondary N) is 2. The van der Waals surface area contributed by atoms with Crippen LogP contribution in [0.2, 0.25) is 10.0 Å². The van der Waals surface area contributed by atoms with Crippen LogP contribution < -0.4 is 5.32 Å². The van der Waals surface area contributed by atoms with Crippen LogP contribution in [0.5, 0.6) is 0 Å². The third-order valence-electron chi connectivity index (χ3n) is 7.73. The Bertz CT molecular complexity index is 1230. The summed E-state index contributed by atoms with van der Waals surface area (Å²) >= 11 is 12.5. The molecule has 3 aromatic rings. The standard InChI is InChI=1S/C32H35Cl2N3O/c1-2-3-30(38)37-18-16-23(17-19-37)32(35)28-20-24(8-15-29(28)36-27-13-14-27)31(21-4-9-25(33)10-5-21)22-6-11-26(34)12-7-22/h4-12,15,20,23,27,31,35-36H,2-3,13-14,16-19H2,1H3. The molecule has 4 nitrogen and oxygen atoms in total. The summed E-state index contributed by atoms with van der Waals surface area (Å²) < 4.78 is 0. The Labute approximate surface area is 235 Å². The van der Waals surface area contributed by atoms with Gasteiger partial charge in [-0.25, -0.2) is 0 Å². The molecule has 0 bridgehead atoms. The number of amides is 1. The maximum atomic E-state index is 12.4. The Balaban J connectivity index is 1.48. The summed E-state index contributed by atoms with van der Waals surface area (Å²) in [5, 5.41) is 14.4. The number of hydrogen-bond acceptors (Lipinski definition) is 3. The van der Waals surface area contributed by atoms with Crippen molar-refractivity contribution in [3.63, 3.8) is 0 Å². The van der Waals surface area contributed by atoms with E-state index in [2.05, 4.69) is 47.8 Å². The van der Waals surface area contributed by atoms with Crippen molar-refractivity contribution in [2.24, 2.45) is 5.92 Å². The number of rotatable bonds is 9. The molecule has 2 aliphatic rings. The van der Waals surface area contributed by atoms with Gasteiger partial charge in [0.1, 0.15) is 0 Å². The minimum Gasteiger partial charge on any atom is -0.382 e. The molecular weight excluding hydrogens is 513 g/mol. The number of halogens is 2. The molecule has 6 heteroatoms. The van der Waals surface area contributed by atoms with Gasteiger partial charge in [0.2, 0.25) is 5.91 Å². The van der Waals surface area contributed by atoms with Gasteiger partial charge in [-0.3, -0.25) is 4.79 Å². The summed E-state index contributed by atoms with van der Waals surface area (Å²) in [4.78, 5) is 14.4. The Morgan fingerprint density at radius 3 is 1.97 bits per heavy atom. The molecule has 1 saturated carbocycles. The van der Waals surface area contributed by atoms with Crippen molar-refractivity contribution in [3.8, 4) is 0 Å². The van der Waals surface area contributed by atoms with E-state index < -0.39 is 0 Å². The van der Waals surface area contributed by atoms with E-state index >= 15 is 0 Å². The van der Waals surface area contributed by atoms with Crippen LogP contribution in [-0.2, 0) is 4.79 Å². The molecule has 1 saturated heterocycles. The highest BCUT2D eigenvalue weighted by atomic mass is 35.5. The van der Waals surface area contributed by atoms with Gasteiger partial charge >= 0.3 is 0 Å². The van der Waals surface area contributed by atoms with Gasteiger partial charge in [-0.15, -0.1) is 0 Å². The van der Waals surface area contributed by atoms with E-state index in [-0.39, 0.29) is 17.7 Å². The Morgan fingerprint density at radius 1 is 0.895 bits per heavy atom. The van der Waals surface area contributed by atoms with Crippen LogP contribution >= 0.6 is 23.2 Å². The lowest BCUT2D eigenvalue weighted by molar-refractivity contribution is -0.132. The summed E-state index contributed by atoms with van der Waals surface area (Å²) in [7, 11) is 0. The van der Waals surface area contributed by atoms with Crippen LogP contribution in [0.3, 0.4) is 0 Å². The second-order valence-electron chi connectivity index (χ2n) is 10.6. The van der Waals surface area contributed by atoms with Gasteiger partial charge in [-0.2, -0.15) is 0 Å². The van der Waals surface area contributed by atoms with E-state index in [1.807, 2.05) is 36.1 Å². The molecule has 0 atom stereocenters. The molecule has 0 unspecified atom stereocenters. The van der Waals surface area contributed by atoms with Crippen molar-refractivity contribution in [1.82, 2.24) is 4.90 Å². The third kappa shape index (κ3) is 6.24. The minimum absolute atomic E-state index is 0.0143. The number of likely N-dealkylation sites (tertiary alicyclic amines) is 1. The number of anilines is 1. The number of piperidine rings is 1. The molecule has 198 valence electrons. The van der Waals surface area contributed by atoms with Crippen molar-refractivity contribution in [1.29, 1.82) is 5.41 Å². The number of hydrogen-bond donors (Lipinski definition) is 2. The van der Waals surface area contributed by atoms with Gasteiger partial charge in [0, 0.05) is 64.4 Å². The Kier molecular flexibility index (Phi) is 8.40. The molecule has 3 aromatic carbocycles. The lowest BCUT2D eigenvalue weighted by Gasteiger charge is -2.33. The normalized spacial score (nSPS) is 16.1.